The molecular formula is C16H32Cl2Si2. The van der Waals surface area contributed by atoms with Gasteiger partial charge in [-0.15, -0.1) is 33.2 Å². The zero-order valence-electron chi connectivity index (χ0n) is 14.9. The molecule has 0 N–H and O–H groups in total. The second-order valence-electron chi connectivity index (χ2n) is 8.48. The molecule has 0 amide bonds. The number of halogens is 2. The lowest BCUT2D eigenvalue weighted by atomic mass is 10.2. The van der Waals surface area contributed by atoms with Gasteiger partial charge in [0.2, 0.25) is 14.8 Å². The third-order valence-corrected chi connectivity index (χ3v) is 19.6. The Morgan fingerprint density at radius 3 is 0.950 bits per heavy atom. The maximum Gasteiger partial charge on any atom is 0.240 e. The van der Waals surface area contributed by atoms with E-state index in [9.17, 15) is 0 Å². The fraction of sp³-hybridized carbons (Fsp3) is 0.875. The van der Waals surface area contributed by atoms with Crippen LogP contribution < -0.4 is 0 Å². The van der Waals surface area contributed by atoms with Crippen molar-refractivity contribution in [3.63, 3.8) is 0 Å². The van der Waals surface area contributed by atoms with Crippen molar-refractivity contribution in [3.8, 4) is 11.1 Å². The average molecular weight is 352 g/mol. The Morgan fingerprint density at radius 2 is 0.850 bits per heavy atom. The monoisotopic (exact) mass is 350 g/mol. The molecule has 0 aromatic heterocycles. The summed E-state index contributed by atoms with van der Waals surface area (Å²) in [5.74, 6) is 0. The van der Waals surface area contributed by atoms with E-state index < -0.39 is 14.8 Å². The Bertz CT molecular complexity index is 357. The predicted octanol–water partition coefficient (Wildman–Crippen LogP) is 6.86. The van der Waals surface area contributed by atoms with Crippen LogP contribution in [0.25, 0.3) is 0 Å². The second-order valence-corrected chi connectivity index (χ2v) is 20.7. The van der Waals surface area contributed by atoms with Gasteiger partial charge in [0.1, 0.15) is 0 Å². The first-order valence-corrected chi connectivity index (χ1v) is 13.7. The van der Waals surface area contributed by atoms with Gasteiger partial charge in [-0.25, -0.2) is 0 Å². The summed E-state index contributed by atoms with van der Waals surface area (Å²) in [7, 11) is -4.40. The van der Waals surface area contributed by atoms with Crippen molar-refractivity contribution in [1.29, 1.82) is 0 Å². The maximum atomic E-state index is 7.04. The van der Waals surface area contributed by atoms with Crippen molar-refractivity contribution in [2.75, 3.05) is 0 Å². The van der Waals surface area contributed by atoms with Crippen LogP contribution in [-0.4, -0.2) is 14.8 Å². The molecule has 0 spiro atoms. The molecule has 0 aromatic carbocycles. The van der Waals surface area contributed by atoms with Crippen LogP contribution in [-0.2, 0) is 0 Å². The molecule has 0 heterocycles. The summed E-state index contributed by atoms with van der Waals surface area (Å²) in [4.78, 5) is 0. The van der Waals surface area contributed by atoms with Crippen molar-refractivity contribution < 1.29 is 0 Å². The maximum absolute atomic E-state index is 7.04. The highest BCUT2D eigenvalue weighted by Crippen LogP contribution is 2.48. The zero-order valence-corrected chi connectivity index (χ0v) is 18.4. The average Bonchev–Trinajstić information content (AvgIpc) is 2.21. The lowest BCUT2D eigenvalue weighted by molar-refractivity contribution is 0.715. The van der Waals surface area contributed by atoms with Gasteiger partial charge in [-0.05, 0) is 21.2 Å². The first-order valence-electron chi connectivity index (χ1n) is 7.51. The van der Waals surface area contributed by atoms with Crippen molar-refractivity contribution in [2.45, 2.75) is 90.4 Å². The van der Waals surface area contributed by atoms with Crippen molar-refractivity contribution in [3.05, 3.63) is 0 Å². The zero-order chi connectivity index (χ0) is 16.6. The molecule has 0 aliphatic rings. The molecule has 2 unspecified atom stereocenters. The molecule has 0 radical (unpaired) electrons. The highest BCUT2D eigenvalue weighted by Gasteiger charge is 2.48. The normalized spacial score (nSPS) is 19.3. The van der Waals surface area contributed by atoms with E-state index in [-0.39, 0.29) is 10.1 Å². The summed E-state index contributed by atoms with van der Waals surface area (Å²) in [6.45, 7) is 22.1. The Hall–Kier alpha value is 0.574. The van der Waals surface area contributed by atoms with E-state index in [1.54, 1.807) is 0 Å². The van der Waals surface area contributed by atoms with E-state index in [1.165, 1.54) is 0 Å². The Labute approximate surface area is 138 Å². The fourth-order valence-corrected chi connectivity index (χ4v) is 9.67. The quantitative estimate of drug-likeness (QED) is 0.290. The minimum atomic E-state index is -2.20. The van der Waals surface area contributed by atoms with Crippen molar-refractivity contribution in [2.24, 2.45) is 0 Å². The summed E-state index contributed by atoms with van der Waals surface area (Å²) in [5.41, 5.74) is 7.93. The molecule has 0 bridgehead atoms. The van der Waals surface area contributed by atoms with Crippen LogP contribution in [0, 0.1) is 11.1 Å². The topological polar surface area (TPSA) is 0 Å². The molecule has 0 saturated heterocycles. The van der Waals surface area contributed by atoms with Crippen LogP contribution in [0.5, 0.6) is 0 Å². The summed E-state index contributed by atoms with van der Waals surface area (Å²) in [5, 5.41) is 0.105. The third kappa shape index (κ3) is 4.06. The first kappa shape index (κ1) is 20.6. The number of hydrogen-bond donors (Lipinski definition) is 0. The summed E-state index contributed by atoms with van der Waals surface area (Å²) < 4.78 is 0. The van der Waals surface area contributed by atoms with Crippen LogP contribution in [0.2, 0.25) is 21.2 Å². The molecular weight excluding hydrogens is 319 g/mol. The highest BCUT2D eigenvalue weighted by atomic mass is 35.6. The largest absolute Gasteiger partial charge is 0.240 e. The van der Waals surface area contributed by atoms with Gasteiger partial charge in [0.05, 0.1) is 0 Å². The highest BCUT2D eigenvalue weighted by molar-refractivity contribution is 7.30. The molecule has 20 heavy (non-hydrogen) atoms. The van der Waals surface area contributed by atoms with E-state index in [0.29, 0.717) is 11.1 Å². The van der Waals surface area contributed by atoms with Gasteiger partial charge in [0, 0.05) is 0 Å². The smallest absolute Gasteiger partial charge is 0.149 e. The molecule has 0 aliphatic heterocycles. The van der Waals surface area contributed by atoms with Crippen LogP contribution >= 0.6 is 22.2 Å². The lowest BCUT2D eigenvalue weighted by Crippen LogP contribution is -2.44. The second kappa shape index (κ2) is 6.36. The van der Waals surface area contributed by atoms with Crippen molar-refractivity contribution in [1.82, 2.24) is 0 Å². The fourth-order valence-electron chi connectivity index (χ4n) is 2.58. The molecule has 0 rings (SSSR count). The minimum absolute atomic E-state index is 0.0524. The van der Waals surface area contributed by atoms with Gasteiger partial charge in [-0.3, -0.25) is 0 Å². The molecule has 0 aliphatic carbocycles. The molecule has 4 heteroatoms. The number of hydrogen-bond acceptors (Lipinski definition) is 0. The van der Waals surface area contributed by atoms with Gasteiger partial charge in [0.15, 0.2) is 0 Å². The lowest BCUT2D eigenvalue weighted by Gasteiger charge is -2.39. The SMILES string of the molecule is CC(C)[Si](Cl)(C#C[Si](Cl)(C(C)C)C(C)(C)C)C(C)(C)C. The van der Waals surface area contributed by atoms with E-state index in [4.69, 9.17) is 22.2 Å². The van der Waals surface area contributed by atoms with E-state index in [2.05, 4.69) is 80.3 Å². The Kier molecular flexibility index (Phi) is 6.55. The van der Waals surface area contributed by atoms with Gasteiger partial charge < -0.3 is 0 Å². The third-order valence-electron chi connectivity index (χ3n) is 4.20. The molecule has 2 atom stereocenters. The molecule has 0 nitrogen and oxygen atoms in total. The van der Waals surface area contributed by atoms with Crippen LogP contribution in [0.15, 0.2) is 0 Å². The van der Waals surface area contributed by atoms with Gasteiger partial charge >= 0.3 is 0 Å². The summed E-state index contributed by atoms with van der Waals surface area (Å²) >= 11 is 14.1. The van der Waals surface area contributed by atoms with Gasteiger partial charge in [0.25, 0.3) is 0 Å². The molecule has 118 valence electrons. The minimum Gasteiger partial charge on any atom is -0.149 e. The van der Waals surface area contributed by atoms with E-state index >= 15 is 0 Å². The summed E-state index contributed by atoms with van der Waals surface area (Å²) in [6, 6.07) is 0. The van der Waals surface area contributed by atoms with Gasteiger partial charge in [-0.2, -0.15) is 0 Å². The van der Waals surface area contributed by atoms with Gasteiger partial charge in [-0.1, -0.05) is 69.2 Å². The predicted molar refractivity (Wildman–Crippen MR) is 101 cm³/mol. The van der Waals surface area contributed by atoms with E-state index in [0.717, 1.165) is 0 Å². The molecule has 0 fully saturated rings. The summed E-state index contributed by atoms with van der Waals surface area (Å²) in [6.07, 6.45) is 0. The van der Waals surface area contributed by atoms with Crippen LogP contribution in [0.3, 0.4) is 0 Å². The van der Waals surface area contributed by atoms with Crippen LogP contribution in [0.4, 0.5) is 0 Å². The Morgan fingerprint density at radius 1 is 0.650 bits per heavy atom. The van der Waals surface area contributed by atoms with Crippen molar-refractivity contribution >= 4 is 36.9 Å². The first-order chi connectivity index (χ1) is 8.59. The standard InChI is InChI=1S/C16H32Cl2Si2/c1-13(2)19(17,15(5,6)7)11-12-20(18,14(3)4)16(8,9)10/h13-14H,1-10H3. The molecule has 0 saturated carbocycles. The van der Waals surface area contributed by atoms with Crippen LogP contribution in [0.1, 0.15) is 69.2 Å². The van der Waals surface area contributed by atoms with E-state index in [1.807, 2.05) is 0 Å². The number of rotatable bonds is 2. The molecule has 0 aromatic rings. The Balaban J connectivity index is 5.91.